The van der Waals surface area contributed by atoms with Crippen molar-refractivity contribution in [2.75, 3.05) is 6.61 Å². The maximum absolute atomic E-state index is 10.0. The SMILES string of the molecule is CC(C)S[C@]1(O)O[C@H](CO)[C@H](O)[C@H](O)[C@H]1O. The summed E-state index contributed by atoms with van der Waals surface area (Å²) in [6, 6.07) is 0. The Balaban J connectivity index is 2.85. The molecule has 1 heterocycles. The van der Waals surface area contributed by atoms with Gasteiger partial charge in [0.15, 0.2) is 0 Å². The van der Waals surface area contributed by atoms with Crippen molar-refractivity contribution in [1.29, 1.82) is 0 Å². The van der Waals surface area contributed by atoms with Gasteiger partial charge in [0.1, 0.15) is 24.4 Å². The van der Waals surface area contributed by atoms with E-state index in [4.69, 9.17) is 9.84 Å². The fourth-order valence-corrected chi connectivity index (χ4v) is 2.69. The summed E-state index contributed by atoms with van der Waals surface area (Å²) in [4.78, 5) is 0. The molecule has 0 saturated carbocycles. The predicted molar refractivity (Wildman–Crippen MR) is 57.7 cm³/mol. The summed E-state index contributed by atoms with van der Waals surface area (Å²) < 4.78 is 5.04. The molecule has 7 heteroatoms. The second-order valence-electron chi connectivity index (χ2n) is 4.06. The Labute approximate surface area is 97.9 Å². The quantitative estimate of drug-likeness (QED) is 0.380. The third-order valence-corrected chi connectivity index (χ3v) is 3.48. The molecule has 0 aliphatic carbocycles. The molecule has 0 bridgehead atoms. The lowest BCUT2D eigenvalue weighted by Crippen LogP contribution is -2.64. The van der Waals surface area contributed by atoms with E-state index in [2.05, 4.69) is 0 Å². The first-order valence-electron chi connectivity index (χ1n) is 5.05. The summed E-state index contributed by atoms with van der Waals surface area (Å²) in [6.45, 7) is 3.01. The van der Waals surface area contributed by atoms with Crippen LogP contribution < -0.4 is 0 Å². The maximum atomic E-state index is 10.0. The van der Waals surface area contributed by atoms with E-state index >= 15 is 0 Å². The first-order valence-corrected chi connectivity index (χ1v) is 5.93. The Bertz CT molecular complexity index is 236. The number of aliphatic hydroxyl groups is 5. The topological polar surface area (TPSA) is 110 Å². The summed E-state index contributed by atoms with van der Waals surface area (Å²) in [6.07, 6.45) is -5.72. The molecule has 0 aromatic rings. The Morgan fingerprint density at radius 2 is 1.81 bits per heavy atom. The highest BCUT2D eigenvalue weighted by Crippen LogP contribution is 2.38. The number of rotatable bonds is 3. The zero-order valence-corrected chi connectivity index (χ0v) is 9.96. The van der Waals surface area contributed by atoms with E-state index in [1.54, 1.807) is 13.8 Å². The van der Waals surface area contributed by atoms with E-state index < -0.39 is 36.1 Å². The maximum Gasteiger partial charge on any atom is 0.246 e. The third kappa shape index (κ3) is 2.67. The highest BCUT2D eigenvalue weighted by atomic mass is 32.2. The van der Waals surface area contributed by atoms with Crippen LogP contribution in [0.1, 0.15) is 13.8 Å². The molecular weight excluding hydrogens is 236 g/mol. The van der Waals surface area contributed by atoms with Crippen molar-refractivity contribution in [3.05, 3.63) is 0 Å². The molecule has 1 aliphatic rings. The smallest absolute Gasteiger partial charge is 0.246 e. The van der Waals surface area contributed by atoms with Gasteiger partial charge in [-0.05, 0) is 0 Å². The zero-order chi connectivity index (χ0) is 12.5. The molecule has 0 spiro atoms. The van der Waals surface area contributed by atoms with Gasteiger partial charge in [-0.2, -0.15) is 0 Å². The minimum atomic E-state index is -2.01. The molecule has 16 heavy (non-hydrogen) atoms. The number of thioether (sulfide) groups is 1. The Hall–Kier alpha value is 0.110. The number of ether oxygens (including phenoxy) is 1. The lowest BCUT2D eigenvalue weighted by Gasteiger charge is -2.45. The van der Waals surface area contributed by atoms with Crippen molar-refractivity contribution < 1.29 is 30.3 Å². The van der Waals surface area contributed by atoms with Gasteiger partial charge in [-0.25, -0.2) is 0 Å². The van der Waals surface area contributed by atoms with Gasteiger partial charge in [0, 0.05) is 5.25 Å². The van der Waals surface area contributed by atoms with Crippen LogP contribution in [0.15, 0.2) is 0 Å². The average Bonchev–Trinajstić information content (AvgIpc) is 2.20. The number of hydrogen-bond donors (Lipinski definition) is 5. The van der Waals surface area contributed by atoms with Crippen LogP contribution >= 0.6 is 11.8 Å². The monoisotopic (exact) mass is 254 g/mol. The van der Waals surface area contributed by atoms with E-state index in [1.165, 1.54) is 0 Å². The van der Waals surface area contributed by atoms with E-state index in [9.17, 15) is 20.4 Å². The Morgan fingerprint density at radius 3 is 2.25 bits per heavy atom. The van der Waals surface area contributed by atoms with Gasteiger partial charge in [0.05, 0.1) is 6.61 Å². The molecule has 0 unspecified atom stereocenters. The van der Waals surface area contributed by atoms with Crippen molar-refractivity contribution >= 4 is 11.8 Å². The minimum Gasteiger partial charge on any atom is -0.394 e. The Morgan fingerprint density at radius 1 is 1.25 bits per heavy atom. The van der Waals surface area contributed by atoms with Gasteiger partial charge >= 0.3 is 0 Å². The molecular formula is C9H18O6S. The Kier molecular flexibility index (Phi) is 4.58. The molecule has 0 amide bonds. The summed E-state index contributed by atoms with van der Waals surface area (Å²) in [5, 5.41) is 45.5. The lowest BCUT2D eigenvalue weighted by molar-refractivity contribution is -0.305. The van der Waals surface area contributed by atoms with E-state index in [0.717, 1.165) is 11.8 Å². The molecule has 0 aromatic carbocycles. The van der Waals surface area contributed by atoms with Crippen LogP contribution in [0.25, 0.3) is 0 Å². The van der Waals surface area contributed by atoms with Crippen LogP contribution in [0.4, 0.5) is 0 Å². The summed E-state index contributed by atoms with van der Waals surface area (Å²) in [5.74, 6) is 0. The van der Waals surface area contributed by atoms with Gasteiger partial charge in [-0.1, -0.05) is 25.6 Å². The summed E-state index contributed by atoms with van der Waals surface area (Å²) >= 11 is 0.912. The predicted octanol–water partition coefficient (Wildman–Crippen LogP) is -1.75. The highest BCUT2D eigenvalue weighted by molar-refractivity contribution is 8.00. The summed E-state index contributed by atoms with van der Waals surface area (Å²) in [7, 11) is 0. The third-order valence-electron chi connectivity index (χ3n) is 2.33. The van der Waals surface area contributed by atoms with Crippen molar-refractivity contribution in [1.82, 2.24) is 0 Å². The molecule has 1 rings (SSSR count). The normalized spacial score (nSPS) is 45.0. The molecule has 0 radical (unpaired) electrons. The lowest BCUT2D eigenvalue weighted by atomic mass is 9.99. The largest absolute Gasteiger partial charge is 0.394 e. The van der Waals surface area contributed by atoms with Crippen LogP contribution in [0, 0.1) is 0 Å². The molecule has 5 N–H and O–H groups in total. The van der Waals surface area contributed by atoms with Gasteiger partial charge in [-0.15, -0.1) is 0 Å². The fraction of sp³-hybridized carbons (Fsp3) is 1.00. The molecule has 6 nitrogen and oxygen atoms in total. The molecule has 1 aliphatic heterocycles. The first-order chi connectivity index (χ1) is 7.31. The van der Waals surface area contributed by atoms with Crippen molar-refractivity contribution in [2.45, 2.75) is 48.6 Å². The van der Waals surface area contributed by atoms with Crippen molar-refractivity contribution in [2.24, 2.45) is 0 Å². The van der Waals surface area contributed by atoms with Crippen molar-refractivity contribution in [3.8, 4) is 0 Å². The van der Waals surface area contributed by atoms with E-state index in [0.29, 0.717) is 0 Å². The molecule has 1 fully saturated rings. The van der Waals surface area contributed by atoms with Crippen molar-refractivity contribution in [3.63, 3.8) is 0 Å². The average molecular weight is 254 g/mol. The van der Waals surface area contributed by atoms with Crippen LogP contribution in [-0.4, -0.2) is 66.9 Å². The second-order valence-corrected chi connectivity index (χ2v) is 5.83. The highest BCUT2D eigenvalue weighted by Gasteiger charge is 2.53. The second kappa shape index (κ2) is 5.18. The van der Waals surface area contributed by atoms with Crippen LogP contribution in [0.3, 0.4) is 0 Å². The number of aliphatic hydroxyl groups excluding tert-OH is 4. The van der Waals surface area contributed by atoms with Crippen LogP contribution in [0.2, 0.25) is 0 Å². The molecule has 96 valence electrons. The van der Waals surface area contributed by atoms with Gasteiger partial charge in [-0.3, -0.25) is 0 Å². The standard InChI is InChI=1S/C9H18O6S/c1-4(2)16-9(14)8(13)7(12)6(11)5(3-10)15-9/h4-8,10-14H,3H2,1-2H3/t5-,6+,7+,8-,9-/m1/s1. The minimum absolute atomic E-state index is 0.0542. The van der Waals surface area contributed by atoms with Crippen LogP contribution in [-0.2, 0) is 4.74 Å². The first kappa shape index (κ1) is 14.2. The molecule has 1 saturated heterocycles. The van der Waals surface area contributed by atoms with Crippen LogP contribution in [0.5, 0.6) is 0 Å². The van der Waals surface area contributed by atoms with E-state index in [-0.39, 0.29) is 5.25 Å². The fourth-order valence-electron chi connectivity index (χ4n) is 1.56. The molecule has 0 aromatic heterocycles. The number of hydrogen-bond acceptors (Lipinski definition) is 7. The van der Waals surface area contributed by atoms with Gasteiger partial charge in [0.2, 0.25) is 5.12 Å². The molecule has 5 atom stereocenters. The summed E-state index contributed by atoms with van der Waals surface area (Å²) in [5.41, 5.74) is 0. The van der Waals surface area contributed by atoms with E-state index in [1.807, 2.05) is 0 Å². The van der Waals surface area contributed by atoms with Gasteiger partial charge < -0.3 is 30.3 Å². The van der Waals surface area contributed by atoms with Gasteiger partial charge in [0.25, 0.3) is 0 Å². The zero-order valence-electron chi connectivity index (χ0n) is 9.15.